The highest BCUT2D eigenvalue weighted by Gasteiger charge is 2.30. The Morgan fingerprint density at radius 1 is 1.33 bits per heavy atom. The maximum absolute atomic E-state index is 6.03. The fourth-order valence-corrected chi connectivity index (χ4v) is 3.68. The van der Waals surface area contributed by atoms with E-state index < -0.39 is 0 Å². The molecule has 2 N–H and O–H groups in total. The van der Waals surface area contributed by atoms with Crippen molar-refractivity contribution in [2.45, 2.75) is 45.6 Å². The molecule has 0 bridgehead atoms. The van der Waals surface area contributed by atoms with E-state index in [2.05, 4.69) is 41.0 Å². The Morgan fingerprint density at radius 2 is 2.14 bits per heavy atom. The third-order valence-corrected chi connectivity index (χ3v) is 4.71. The molecule has 2 heterocycles. The summed E-state index contributed by atoms with van der Waals surface area (Å²) in [6.07, 6.45) is 6.70. The Morgan fingerprint density at radius 3 is 2.90 bits per heavy atom. The number of anilines is 1. The molecule has 0 radical (unpaired) electrons. The van der Waals surface area contributed by atoms with Crippen LogP contribution in [0, 0.1) is 12.8 Å². The smallest absolute Gasteiger partial charge is 0.157 e. The molecule has 5 heteroatoms. The van der Waals surface area contributed by atoms with Crippen LogP contribution in [0.4, 0.5) is 5.82 Å². The van der Waals surface area contributed by atoms with Crippen molar-refractivity contribution in [1.29, 1.82) is 0 Å². The molecule has 21 heavy (non-hydrogen) atoms. The van der Waals surface area contributed by atoms with Gasteiger partial charge in [-0.1, -0.05) is 12.8 Å². The molecule has 0 aliphatic heterocycles. The summed E-state index contributed by atoms with van der Waals surface area (Å²) in [6, 6.07) is 4.81. The summed E-state index contributed by atoms with van der Waals surface area (Å²) in [5.74, 6) is 1.73. The van der Waals surface area contributed by atoms with Crippen LogP contribution >= 0.6 is 0 Å². The van der Waals surface area contributed by atoms with Crippen LogP contribution in [0.5, 0.6) is 0 Å². The minimum Gasteiger partial charge on any atom is -0.353 e. The minimum absolute atomic E-state index is 0.517. The molecule has 114 valence electrons. The molecule has 1 aliphatic rings. The average Bonchev–Trinajstić information content (AvgIpc) is 2.96. The van der Waals surface area contributed by atoms with Crippen LogP contribution in [0.15, 0.2) is 18.5 Å². The van der Waals surface area contributed by atoms with Gasteiger partial charge in [-0.05, 0) is 56.8 Å². The first-order chi connectivity index (χ1) is 10.2. The normalized spacial score (nSPS) is 22.6. The van der Waals surface area contributed by atoms with Gasteiger partial charge in [0, 0.05) is 12.6 Å². The summed E-state index contributed by atoms with van der Waals surface area (Å²) in [5, 5.41) is 4.41. The predicted molar refractivity (Wildman–Crippen MR) is 85.5 cm³/mol. The molecule has 2 unspecified atom stereocenters. The van der Waals surface area contributed by atoms with Crippen LogP contribution in [0.1, 0.15) is 38.2 Å². The quantitative estimate of drug-likeness (QED) is 0.938. The van der Waals surface area contributed by atoms with Crippen LogP contribution in [-0.4, -0.2) is 33.7 Å². The number of pyridine rings is 1. The average molecular weight is 287 g/mol. The van der Waals surface area contributed by atoms with Crippen LogP contribution in [0.25, 0.3) is 5.65 Å². The summed E-state index contributed by atoms with van der Waals surface area (Å²) < 4.78 is 1.96. The molecule has 0 aromatic carbocycles. The van der Waals surface area contributed by atoms with E-state index in [1.54, 1.807) is 6.33 Å². The lowest BCUT2D eigenvalue weighted by Crippen LogP contribution is -2.46. The van der Waals surface area contributed by atoms with Crippen LogP contribution in [0.2, 0.25) is 0 Å². The van der Waals surface area contributed by atoms with Crippen molar-refractivity contribution in [2.24, 2.45) is 11.7 Å². The van der Waals surface area contributed by atoms with E-state index in [0.717, 1.165) is 24.6 Å². The largest absolute Gasteiger partial charge is 0.353 e. The zero-order chi connectivity index (χ0) is 14.8. The van der Waals surface area contributed by atoms with E-state index in [0.29, 0.717) is 12.0 Å². The van der Waals surface area contributed by atoms with Crippen LogP contribution < -0.4 is 10.6 Å². The SMILES string of the molecule is CCN(c1cc(C)cc2ncnn12)C1CCCCC1CN. The van der Waals surface area contributed by atoms with Gasteiger partial charge in [0.25, 0.3) is 0 Å². The Labute approximate surface area is 126 Å². The van der Waals surface area contributed by atoms with Crippen molar-refractivity contribution in [3.63, 3.8) is 0 Å². The van der Waals surface area contributed by atoms with E-state index in [9.17, 15) is 0 Å². The molecule has 1 fully saturated rings. The van der Waals surface area contributed by atoms with Crippen molar-refractivity contribution < 1.29 is 0 Å². The monoisotopic (exact) mass is 287 g/mol. The lowest BCUT2D eigenvalue weighted by molar-refractivity contribution is 0.299. The lowest BCUT2D eigenvalue weighted by atomic mass is 9.83. The number of aromatic nitrogens is 3. The van der Waals surface area contributed by atoms with Gasteiger partial charge in [0.05, 0.1) is 0 Å². The van der Waals surface area contributed by atoms with E-state index >= 15 is 0 Å². The second kappa shape index (κ2) is 6.02. The second-order valence-electron chi connectivity index (χ2n) is 6.05. The van der Waals surface area contributed by atoms with Crippen molar-refractivity contribution in [1.82, 2.24) is 14.6 Å². The number of aryl methyl sites for hydroxylation is 1. The number of fused-ring (bicyclic) bond motifs is 1. The van der Waals surface area contributed by atoms with Gasteiger partial charge in [0.2, 0.25) is 0 Å². The Balaban J connectivity index is 2.03. The first-order valence-corrected chi connectivity index (χ1v) is 8.01. The van der Waals surface area contributed by atoms with Crippen LogP contribution in [0.3, 0.4) is 0 Å². The molecule has 2 aromatic rings. The highest BCUT2D eigenvalue weighted by atomic mass is 15.4. The highest BCUT2D eigenvalue weighted by molar-refractivity contribution is 5.53. The lowest BCUT2D eigenvalue weighted by Gasteiger charge is -2.40. The standard InChI is InChI=1S/C16H25N5/c1-3-20(14-7-5-4-6-13(14)10-17)16-9-12(2)8-15-18-11-19-21(15)16/h8-9,11,13-14H,3-7,10,17H2,1-2H3. The van der Waals surface area contributed by atoms with Gasteiger partial charge in [0.1, 0.15) is 12.1 Å². The third kappa shape index (κ3) is 2.62. The van der Waals surface area contributed by atoms with Gasteiger partial charge in [-0.15, -0.1) is 0 Å². The summed E-state index contributed by atoms with van der Waals surface area (Å²) in [4.78, 5) is 6.82. The molecule has 2 atom stereocenters. The van der Waals surface area contributed by atoms with Crippen LogP contribution in [-0.2, 0) is 0 Å². The Bertz CT molecular complexity index is 606. The van der Waals surface area contributed by atoms with Gasteiger partial charge >= 0.3 is 0 Å². The number of hydrogen-bond donors (Lipinski definition) is 1. The van der Waals surface area contributed by atoms with Crippen molar-refractivity contribution >= 4 is 11.5 Å². The molecular weight excluding hydrogens is 262 g/mol. The summed E-state index contributed by atoms with van der Waals surface area (Å²) in [6.45, 7) is 6.08. The van der Waals surface area contributed by atoms with Gasteiger partial charge in [-0.25, -0.2) is 4.98 Å². The maximum atomic E-state index is 6.03. The maximum Gasteiger partial charge on any atom is 0.157 e. The summed E-state index contributed by atoms with van der Waals surface area (Å²) in [5.41, 5.74) is 8.17. The number of rotatable bonds is 4. The fourth-order valence-electron chi connectivity index (χ4n) is 3.68. The Hall–Kier alpha value is -1.62. The predicted octanol–water partition coefficient (Wildman–Crippen LogP) is 2.38. The topological polar surface area (TPSA) is 59.5 Å². The van der Waals surface area contributed by atoms with Gasteiger partial charge in [-0.2, -0.15) is 9.61 Å². The summed E-state index contributed by atoms with van der Waals surface area (Å²) >= 11 is 0. The number of nitrogens with zero attached hydrogens (tertiary/aromatic N) is 4. The van der Waals surface area contributed by atoms with Gasteiger partial charge in [-0.3, -0.25) is 0 Å². The molecule has 5 nitrogen and oxygen atoms in total. The molecule has 0 spiro atoms. The second-order valence-corrected chi connectivity index (χ2v) is 6.05. The molecular formula is C16H25N5. The van der Waals surface area contributed by atoms with Crippen molar-refractivity contribution in [3.8, 4) is 0 Å². The zero-order valence-corrected chi connectivity index (χ0v) is 13.0. The van der Waals surface area contributed by atoms with Gasteiger partial charge in [0.15, 0.2) is 5.65 Å². The summed E-state index contributed by atoms with van der Waals surface area (Å²) in [7, 11) is 0. The van der Waals surface area contributed by atoms with Gasteiger partial charge < -0.3 is 10.6 Å². The third-order valence-electron chi connectivity index (χ3n) is 4.71. The van der Waals surface area contributed by atoms with Crippen molar-refractivity contribution in [3.05, 3.63) is 24.0 Å². The molecule has 2 aromatic heterocycles. The van der Waals surface area contributed by atoms with E-state index in [-0.39, 0.29) is 0 Å². The molecule has 1 aliphatic carbocycles. The highest BCUT2D eigenvalue weighted by Crippen LogP contribution is 2.31. The molecule has 1 saturated carbocycles. The first kappa shape index (κ1) is 14.3. The van der Waals surface area contributed by atoms with E-state index in [1.165, 1.54) is 31.2 Å². The first-order valence-electron chi connectivity index (χ1n) is 8.01. The minimum atomic E-state index is 0.517. The zero-order valence-electron chi connectivity index (χ0n) is 13.0. The number of nitrogens with two attached hydrogens (primary N) is 1. The molecule has 0 saturated heterocycles. The van der Waals surface area contributed by atoms with E-state index in [1.807, 2.05) is 4.52 Å². The fraction of sp³-hybridized carbons (Fsp3) is 0.625. The van der Waals surface area contributed by atoms with Crippen molar-refractivity contribution in [2.75, 3.05) is 18.0 Å². The Kier molecular flexibility index (Phi) is 4.10. The molecule has 0 amide bonds. The number of hydrogen-bond acceptors (Lipinski definition) is 4. The molecule has 3 rings (SSSR count). The van der Waals surface area contributed by atoms with E-state index in [4.69, 9.17) is 5.73 Å².